The fraction of sp³-hybridized carbons (Fsp3) is 0.682. The lowest BCUT2D eigenvalue weighted by Crippen LogP contribution is -2.41. The number of piperidine rings is 1. The number of hydrogen-bond donors (Lipinski definition) is 0. The number of anilines is 1. The maximum absolute atomic E-state index is 14.9. The molecule has 30 heavy (non-hydrogen) atoms. The first-order valence-electron chi connectivity index (χ1n) is 10.8. The molecule has 8 heteroatoms. The number of ether oxygens (including phenoxy) is 1. The van der Waals surface area contributed by atoms with Crippen LogP contribution in [-0.2, 0) is 18.8 Å². The summed E-state index contributed by atoms with van der Waals surface area (Å²) in [5, 5.41) is 0. The molecule has 0 aromatic heterocycles. The van der Waals surface area contributed by atoms with Crippen molar-refractivity contribution in [2.45, 2.75) is 71.5 Å². The third kappa shape index (κ3) is 4.80. The van der Waals surface area contributed by atoms with Gasteiger partial charge in [-0.3, -0.25) is 4.79 Å². The highest BCUT2D eigenvalue weighted by Gasteiger charge is 2.52. The molecule has 0 N–H and O–H groups in total. The zero-order valence-electron chi connectivity index (χ0n) is 18.6. The fourth-order valence-electron chi connectivity index (χ4n) is 4.00. The summed E-state index contributed by atoms with van der Waals surface area (Å²) >= 11 is 0. The fourth-order valence-corrected chi connectivity index (χ4v) is 4.00. The van der Waals surface area contributed by atoms with Crippen molar-refractivity contribution >= 4 is 24.2 Å². The van der Waals surface area contributed by atoms with E-state index in [1.165, 1.54) is 12.1 Å². The van der Waals surface area contributed by atoms with Crippen molar-refractivity contribution in [3.05, 3.63) is 23.8 Å². The lowest BCUT2D eigenvalue weighted by molar-refractivity contribution is -0.143. The lowest BCUT2D eigenvalue weighted by atomic mass is 9.78. The van der Waals surface area contributed by atoms with Crippen molar-refractivity contribution in [3.63, 3.8) is 0 Å². The van der Waals surface area contributed by atoms with Gasteiger partial charge in [0.2, 0.25) is 0 Å². The molecular weight excluding hydrogens is 391 g/mol. The summed E-state index contributed by atoms with van der Waals surface area (Å²) in [5.41, 5.74) is -0.806. The predicted octanol–water partition coefficient (Wildman–Crippen LogP) is 3.82. The van der Waals surface area contributed by atoms with E-state index in [0.717, 1.165) is 19.3 Å². The molecule has 166 valence electrons. The van der Waals surface area contributed by atoms with Crippen molar-refractivity contribution < 1.29 is 27.6 Å². The van der Waals surface area contributed by atoms with Crippen molar-refractivity contribution in [2.24, 2.45) is 5.92 Å². The maximum Gasteiger partial charge on any atom is 0.495 e. The highest BCUT2D eigenvalue weighted by atomic mass is 19.1. The van der Waals surface area contributed by atoms with E-state index in [2.05, 4.69) is 0 Å². The Kier molecular flexibility index (Phi) is 6.77. The molecule has 0 saturated carbocycles. The van der Waals surface area contributed by atoms with Gasteiger partial charge in [0.1, 0.15) is 17.3 Å². The first kappa shape index (κ1) is 23.0. The van der Waals surface area contributed by atoms with Crippen LogP contribution in [0.5, 0.6) is 0 Å². The molecule has 2 heterocycles. The molecule has 0 aliphatic carbocycles. The quantitative estimate of drug-likeness (QED) is 0.514. The lowest BCUT2D eigenvalue weighted by Gasteiger charge is -2.34. The van der Waals surface area contributed by atoms with Crippen LogP contribution in [0.4, 0.5) is 14.5 Å². The maximum atomic E-state index is 14.9. The summed E-state index contributed by atoms with van der Waals surface area (Å²) in [6.45, 7) is 10.9. The Labute approximate surface area is 178 Å². The summed E-state index contributed by atoms with van der Waals surface area (Å²) in [6.07, 6.45) is 2.72. The van der Waals surface area contributed by atoms with Gasteiger partial charge < -0.3 is 18.9 Å². The second kappa shape index (κ2) is 8.83. The van der Waals surface area contributed by atoms with Crippen LogP contribution in [-0.4, -0.2) is 44.0 Å². The van der Waals surface area contributed by atoms with Crippen LogP contribution in [0, 0.1) is 17.6 Å². The average molecular weight is 423 g/mol. The van der Waals surface area contributed by atoms with Gasteiger partial charge >= 0.3 is 13.1 Å². The van der Waals surface area contributed by atoms with E-state index in [-0.39, 0.29) is 11.7 Å². The Hall–Kier alpha value is -1.67. The molecule has 5 nitrogen and oxygen atoms in total. The first-order valence-corrected chi connectivity index (χ1v) is 10.8. The van der Waals surface area contributed by atoms with E-state index >= 15 is 0 Å². The summed E-state index contributed by atoms with van der Waals surface area (Å²) in [4.78, 5) is 13.3. The van der Waals surface area contributed by atoms with Gasteiger partial charge in [0.25, 0.3) is 0 Å². The summed E-state index contributed by atoms with van der Waals surface area (Å²) in [7, 11) is -0.804. The van der Waals surface area contributed by atoms with Crippen LogP contribution in [0.2, 0.25) is 0 Å². The van der Waals surface area contributed by atoms with Crippen molar-refractivity contribution in [1.29, 1.82) is 0 Å². The van der Waals surface area contributed by atoms with Gasteiger partial charge in [-0.25, -0.2) is 8.78 Å². The van der Waals surface area contributed by atoms with Crippen LogP contribution in [0.3, 0.4) is 0 Å². The topological polar surface area (TPSA) is 48.0 Å². The number of halogens is 2. The molecule has 0 unspecified atom stereocenters. The molecule has 0 bridgehead atoms. The standard InChI is InChI=1S/C22H32BF2NO4/c1-6-28-19(27)8-7-15-9-11-26(12-10-15)20-17(24)13-16(14-18(20)25)23-29-21(2,3)22(4,5)30-23/h13-15H,6-12H2,1-5H3. The van der Waals surface area contributed by atoms with Gasteiger partial charge in [0, 0.05) is 19.5 Å². The molecule has 0 amide bonds. The van der Waals surface area contributed by atoms with Gasteiger partial charge in [0.05, 0.1) is 17.8 Å². The normalized spacial score (nSPS) is 21.2. The minimum Gasteiger partial charge on any atom is -0.466 e. The third-order valence-corrected chi connectivity index (χ3v) is 6.56. The van der Waals surface area contributed by atoms with Crippen LogP contribution in [0.1, 0.15) is 60.3 Å². The minimum atomic E-state index is -0.804. The van der Waals surface area contributed by atoms with Crippen molar-refractivity contribution in [3.8, 4) is 0 Å². The van der Waals surface area contributed by atoms with E-state index in [9.17, 15) is 13.6 Å². The molecule has 2 fully saturated rings. The van der Waals surface area contributed by atoms with E-state index < -0.39 is 30.0 Å². The number of benzene rings is 1. The van der Waals surface area contributed by atoms with Gasteiger partial charge in [0.15, 0.2) is 0 Å². The number of carbonyl (C=O) groups is 1. The summed E-state index contributed by atoms with van der Waals surface area (Å²) in [5.74, 6) is -1.04. The molecule has 2 aliphatic heterocycles. The zero-order valence-corrected chi connectivity index (χ0v) is 18.6. The molecule has 3 rings (SSSR count). The Bertz CT molecular complexity index is 739. The predicted molar refractivity (Wildman–Crippen MR) is 113 cm³/mol. The Morgan fingerprint density at radius 3 is 2.17 bits per heavy atom. The number of rotatable bonds is 6. The molecule has 0 atom stereocenters. The monoisotopic (exact) mass is 423 g/mol. The van der Waals surface area contributed by atoms with Crippen LogP contribution >= 0.6 is 0 Å². The number of carbonyl (C=O) groups excluding carboxylic acids is 1. The molecule has 2 saturated heterocycles. The SMILES string of the molecule is CCOC(=O)CCC1CCN(c2c(F)cc(B3OC(C)(C)C(C)(C)O3)cc2F)CC1. The zero-order chi connectivity index (χ0) is 22.1. The van der Waals surface area contributed by atoms with Crippen LogP contribution in [0.15, 0.2) is 12.1 Å². The Balaban J connectivity index is 1.64. The van der Waals surface area contributed by atoms with Crippen molar-refractivity contribution in [2.75, 3.05) is 24.6 Å². The number of esters is 1. The Morgan fingerprint density at radius 2 is 1.67 bits per heavy atom. The first-order chi connectivity index (χ1) is 14.0. The molecular formula is C22H32BF2NO4. The number of hydrogen-bond acceptors (Lipinski definition) is 5. The summed E-state index contributed by atoms with van der Waals surface area (Å²) in [6, 6.07) is 2.63. The third-order valence-electron chi connectivity index (χ3n) is 6.56. The highest BCUT2D eigenvalue weighted by Crippen LogP contribution is 2.37. The van der Waals surface area contributed by atoms with Gasteiger partial charge in [-0.15, -0.1) is 0 Å². The highest BCUT2D eigenvalue weighted by molar-refractivity contribution is 6.62. The minimum absolute atomic E-state index is 0.000824. The molecule has 2 aliphatic rings. The average Bonchev–Trinajstić information content (AvgIpc) is 2.88. The van der Waals surface area contributed by atoms with Crippen molar-refractivity contribution in [1.82, 2.24) is 0 Å². The Morgan fingerprint density at radius 1 is 1.13 bits per heavy atom. The van der Waals surface area contributed by atoms with E-state index in [0.29, 0.717) is 37.5 Å². The van der Waals surface area contributed by atoms with E-state index in [4.69, 9.17) is 14.0 Å². The second-order valence-corrected chi connectivity index (χ2v) is 9.20. The molecule has 1 aromatic carbocycles. The van der Waals surface area contributed by atoms with Gasteiger partial charge in [-0.1, -0.05) is 0 Å². The van der Waals surface area contributed by atoms with Gasteiger partial charge in [-0.2, -0.15) is 0 Å². The van der Waals surface area contributed by atoms with Crippen LogP contribution < -0.4 is 10.4 Å². The number of nitrogens with zero attached hydrogens (tertiary/aromatic N) is 1. The van der Waals surface area contributed by atoms with E-state index in [1.807, 2.05) is 27.7 Å². The summed E-state index contributed by atoms with van der Waals surface area (Å²) < 4.78 is 46.6. The van der Waals surface area contributed by atoms with Crippen LogP contribution in [0.25, 0.3) is 0 Å². The molecule has 1 aromatic rings. The smallest absolute Gasteiger partial charge is 0.466 e. The van der Waals surface area contributed by atoms with Gasteiger partial charge in [-0.05, 0) is 77.4 Å². The molecule has 0 radical (unpaired) electrons. The molecule has 0 spiro atoms. The largest absolute Gasteiger partial charge is 0.495 e. The second-order valence-electron chi connectivity index (χ2n) is 9.20. The van der Waals surface area contributed by atoms with E-state index in [1.54, 1.807) is 11.8 Å².